The van der Waals surface area contributed by atoms with Crippen molar-refractivity contribution in [2.45, 2.75) is 96.7 Å². The Morgan fingerprint density at radius 3 is 2.25 bits per heavy atom. The molecule has 3 aromatic rings. The van der Waals surface area contributed by atoms with Gasteiger partial charge in [-0.2, -0.15) is 5.10 Å². The van der Waals surface area contributed by atoms with Crippen LogP contribution < -0.4 is 10.9 Å². The molecule has 0 unspecified atom stereocenters. The maximum Gasteiger partial charge on any atom is 0.408 e. The van der Waals surface area contributed by atoms with Crippen LogP contribution in [0.1, 0.15) is 94.3 Å². The van der Waals surface area contributed by atoms with Gasteiger partial charge in [0.1, 0.15) is 17.5 Å². The Bertz CT molecular complexity index is 2100. The van der Waals surface area contributed by atoms with Crippen LogP contribution in [0.2, 0.25) is 0 Å². The Kier molecular flexibility index (Phi) is 14.1. The van der Waals surface area contributed by atoms with Gasteiger partial charge in [0.15, 0.2) is 0 Å². The lowest BCUT2D eigenvalue weighted by Gasteiger charge is -2.44. The number of nitrogens with one attached hydrogen (secondary N) is 2. The summed E-state index contributed by atoms with van der Waals surface area (Å²) in [6.45, 7) is 14.2. The number of alkyl carbamates (subject to hydrolysis) is 1. The molecular formula is C46H63FN8O6. The number of aromatic nitrogens is 2. The van der Waals surface area contributed by atoms with E-state index in [4.69, 9.17) is 4.74 Å². The summed E-state index contributed by atoms with van der Waals surface area (Å²) in [6, 6.07) is 11.1. The molecule has 2 N–H and O–H groups in total. The van der Waals surface area contributed by atoms with Gasteiger partial charge in [0, 0.05) is 70.2 Å². The van der Waals surface area contributed by atoms with Gasteiger partial charge < -0.3 is 24.8 Å². The average Bonchev–Trinajstić information content (AvgIpc) is 3.24. The second-order valence-corrected chi connectivity index (χ2v) is 18.6. The van der Waals surface area contributed by atoms with Crippen molar-refractivity contribution in [3.05, 3.63) is 75.5 Å². The molecule has 2 aromatic carbocycles. The maximum absolute atomic E-state index is 15.1. The predicted molar refractivity (Wildman–Crippen MR) is 231 cm³/mol. The zero-order valence-corrected chi connectivity index (χ0v) is 36.3. The Balaban J connectivity index is 0.840. The first-order chi connectivity index (χ1) is 29.2. The number of carbonyl (C=O) groups is 4. The molecule has 0 bridgehead atoms. The number of carbonyl (C=O) groups excluding carboxylic acids is 4. The highest BCUT2D eigenvalue weighted by atomic mass is 19.1. The number of rotatable bonds is 10. The van der Waals surface area contributed by atoms with Gasteiger partial charge in [0.05, 0.1) is 23.2 Å². The fourth-order valence-corrected chi connectivity index (χ4v) is 9.65. The van der Waals surface area contributed by atoms with E-state index in [1.54, 1.807) is 34.1 Å². The van der Waals surface area contributed by atoms with E-state index in [1.165, 1.54) is 6.07 Å². The number of halogens is 1. The molecule has 330 valence electrons. The number of piperidine rings is 1. The molecule has 1 saturated carbocycles. The van der Waals surface area contributed by atoms with Crippen LogP contribution in [-0.4, -0.2) is 148 Å². The number of nitrogens with zero attached hydrogens (tertiary/aromatic N) is 6. The number of ether oxygens (including phenoxy) is 1. The van der Waals surface area contributed by atoms with E-state index in [2.05, 4.69) is 32.2 Å². The van der Waals surface area contributed by atoms with Crippen molar-refractivity contribution in [2.24, 2.45) is 11.8 Å². The fourth-order valence-electron chi connectivity index (χ4n) is 9.65. The average molecular weight is 843 g/mol. The second kappa shape index (κ2) is 19.4. The van der Waals surface area contributed by atoms with Crippen LogP contribution in [0.15, 0.2) is 47.3 Å². The minimum Gasteiger partial charge on any atom is -0.444 e. The predicted octanol–water partition coefficient (Wildman–Crippen LogP) is 4.66. The number of aromatic amines is 1. The van der Waals surface area contributed by atoms with Crippen LogP contribution in [0.3, 0.4) is 0 Å². The molecule has 3 saturated heterocycles. The van der Waals surface area contributed by atoms with E-state index in [0.717, 1.165) is 77.7 Å². The van der Waals surface area contributed by atoms with Gasteiger partial charge in [-0.3, -0.25) is 29.0 Å². The summed E-state index contributed by atoms with van der Waals surface area (Å²) in [5, 5.41) is 11.0. The Morgan fingerprint density at radius 1 is 0.869 bits per heavy atom. The number of amides is 4. The molecule has 4 fully saturated rings. The van der Waals surface area contributed by atoms with Gasteiger partial charge in [-0.25, -0.2) is 14.3 Å². The van der Waals surface area contributed by atoms with E-state index in [-0.39, 0.29) is 34.9 Å². The number of H-pyrrole nitrogens is 1. The molecule has 1 aliphatic carbocycles. The molecule has 1 aromatic heterocycles. The van der Waals surface area contributed by atoms with Gasteiger partial charge in [-0.15, -0.1) is 0 Å². The first kappa shape index (κ1) is 44.2. The highest BCUT2D eigenvalue weighted by Gasteiger charge is 2.39. The third-order valence-corrected chi connectivity index (χ3v) is 13.0. The number of fused-ring (bicyclic) bond motifs is 1. The van der Waals surface area contributed by atoms with E-state index in [9.17, 15) is 24.0 Å². The lowest BCUT2D eigenvalue weighted by Crippen LogP contribution is -2.61. The van der Waals surface area contributed by atoms with Crippen molar-refractivity contribution in [1.82, 2.24) is 40.0 Å². The minimum atomic E-state index is -0.640. The van der Waals surface area contributed by atoms with Crippen molar-refractivity contribution in [2.75, 3.05) is 72.0 Å². The van der Waals surface area contributed by atoms with Gasteiger partial charge in [-0.1, -0.05) is 43.5 Å². The Morgan fingerprint density at radius 2 is 1.56 bits per heavy atom. The molecule has 4 heterocycles. The number of hydrogen-bond donors (Lipinski definition) is 2. The summed E-state index contributed by atoms with van der Waals surface area (Å²) >= 11 is 0. The van der Waals surface area contributed by atoms with E-state index in [1.807, 2.05) is 37.8 Å². The monoisotopic (exact) mass is 842 g/mol. The number of benzene rings is 2. The van der Waals surface area contributed by atoms with Gasteiger partial charge in [0.25, 0.3) is 11.5 Å². The summed E-state index contributed by atoms with van der Waals surface area (Å²) in [4.78, 5) is 76.1. The zero-order chi connectivity index (χ0) is 43.3. The summed E-state index contributed by atoms with van der Waals surface area (Å²) in [5.74, 6) is -0.343. The topological polar surface area (TPSA) is 151 Å². The molecule has 61 heavy (non-hydrogen) atoms. The normalized spacial score (nSPS) is 20.7. The van der Waals surface area contributed by atoms with Gasteiger partial charge in [-0.05, 0) is 102 Å². The molecule has 4 amide bonds. The smallest absolute Gasteiger partial charge is 0.408 e. The molecule has 0 spiro atoms. The van der Waals surface area contributed by atoms with Crippen molar-refractivity contribution in [1.29, 1.82) is 0 Å². The van der Waals surface area contributed by atoms with Gasteiger partial charge in [0.2, 0.25) is 11.8 Å². The van der Waals surface area contributed by atoms with Crippen LogP contribution in [-0.2, 0) is 20.7 Å². The zero-order valence-electron chi connectivity index (χ0n) is 36.3. The largest absolute Gasteiger partial charge is 0.444 e. The summed E-state index contributed by atoms with van der Waals surface area (Å²) in [5.41, 5.74) is 0.388. The lowest BCUT2D eigenvalue weighted by atomic mass is 9.83. The summed E-state index contributed by atoms with van der Waals surface area (Å²) < 4.78 is 20.6. The van der Waals surface area contributed by atoms with Gasteiger partial charge >= 0.3 is 6.09 Å². The number of hydrogen-bond acceptors (Lipinski definition) is 9. The third-order valence-electron chi connectivity index (χ3n) is 13.0. The Hall–Kier alpha value is -4.89. The summed E-state index contributed by atoms with van der Waals surface area (Å²) in [7, 11) is 0. The van der Waals surface area contributed by atoms with Crippen LogP contribution in [0.25, 0.3) is 10.8 Å². The van der Waals surface area contributed by atoms with Crippen LogP contribution in [0.4, 0.5) is 9.18 Å². The van der Waals surface area contributed by atoms with Crippen LogP contribution in [0.5, 0.6) is 0 Å². The Labute approximate surface area is 358 Å². The first-order valence-corrected chi connectivity index (χ1v) is 22.3. The lowest BCUT2D eigenvalue weighted by molar-refractivity contribution is -0.140. The molecule has 15 heteroatoms. The van der Waals surface area contributed by atoms with Crippen molar-refractivity contribution < 1.29 is 28.3 Å². The molecule has 0 radical (unpaired) electrons. The number of likely N-dealkylation sites (tertiary alicyclic amines) is 1. The number of piperazine rings is 2. The van der Waals surface area contributed by atoms with E-state index in [0.29, 0.717) is 73.6 Å². The van der Waals surface area contributed by atoms with Crippen LogP contribution >= 0.6 is 0 Å². The first-order valence-electron chi connectivity index (χ1n) is 22.3. The van der Waals surface area contributed by atoms with Crippen LogP contribution in [0, 0.1) is 17.7 Å². The van der Waals surface area contributed by atoms with Crippen molar-refractivity contribution >= 4 is 34.6 Å². The highest BCUT2D eigenvalue weighted by Crippen LogP contribution is 2.29. The molecule has 3 aliphatic heterocycles. The second-order valence-electron chi connectivity index (χ2n) is 18.6. The fraction of sp³-hybridized carbons (Fsp3) is 0.609. The van der Waals surface area contributed by atoms with E-state index < -0.39 is 29.5 Å². The highest BCUT2D eigenvalue weighted by molar-refractivity contribution is 5.95. The van der Waals surface area contributed by atoms with Crippen molar-refractivity contribution in [3.8, 4) is 0 Å². The van der Waals surface area contributed by atoms with E-state index >= 15 is 4.39 Å². The SMILES string of the molecule is C[C@H]1CN(CC2CCN(CC(=O)N3CCN(C(=O)c4cc(Cc5n[nH]c(=O)c6ccccc56)ccc4F)CC3)CC2)CCN1C(=O)[C@H](NC(=O)OC(C)(C)C)C1CCCCC1. The molecule has 2 atom stereocenters. The summed E-state index contributed by atoms with van der Waals surface area (Å²) in [6.07, 6.45) is 6.93. The molecule has 7 rings (SSSR count). The minimum absolute atomic E-state index is 0.00202. The van der Waals surface area contributed by atoms with Crippen molar-refractivity contribution in [3.63, 3.8) is 0 Å². The maximum atomic E-state index is 15.1. The standard InChI is InChI=1S/C46H63FN8O6/c1-31-28-52(20-25-55(31)44(59)41(34-10-6-5-7-11-34)48-45(60)61-46(2,3)4)29-32-16-18-51(19-17-32)30-40(56)53-21-23-54(24-22-53)43(58)37-26-33(14-15-38(37)47)27-39-35-12-8-9-13-36(35)42(57)50-49-39/h8-9,12-15,26,31-32,34,41H,5-7,10-11,16-25,27-30H2,1-4H3,(H,48,60)(H,50,57)/t31-,41+/m0/s1. The molecule has 4 aliphatic rings. The molecular weight excluding hydrogens is 780 g/mol. The third kappa shape index (κ3) is 11.1. The quantitative estimate of drug-likeness (QED) is 0.297. The molecule has 14 nitrogen and oxygen atoms in total.